The van der Waals surface area contributed by atoms with Gasteiger partial charge in [-0.3, -0.25) is 4.55 Å². The molecule has 8 heteroatoms. The smallest absolute Gasteiger partial charge is 0.282 e. The van der Waals surface area contributed by atoms with E-state index in [4.69, 9.17) is 16.2 Å². The van der Waals surface area contributed by atoms with Crippen LogP contribution >= 0.6 is 22.9 Å². The van der Waals surface area contributed by atoms with Crippen LogP contribution in [-0.4, -0.2) is 22.9 Å². The highest BCUT2D eigenvalue weighted by atomic mass is 35.5. The van der Waals surface area contributed by atoms with Crippen molar-refractivity contribution in [3.63, 3.8) is 0 Å². The van der Waals surface area contributed by atoms with E-state index < -0.39 is 10.1 Å². The van der Waals surface area contributed by atoms with E-state index in [1.165, 1.54) is 23.5 Å². The SMILES string of the molecule is Cc1cnc(Cl)nc1-c1cc2ccc(S(=O)(=O)O)cc2s1. The highest BCUT2D eigenvalue weighted by molar-refractivity contribution is 7.85. The summed E-state index contributed by atoms with van der Waals surface area (Å²) < 4.78 is 32.2. The molecule has 3 rings (SSSR count). The number of benzene rings is 1. The van der Waals surface area contributed by atoms with Gasteiger partial charge in [0.05, 0.1) is 15.5 Å². The second-order valence-electron chi connectivity index (χ2n) is 4.46. The van der Waals surface area contributed by atoms with Gasteiger partial charge in [-0.2, -0.15) is 8.42 Å². The minimum absolute atomic E-state index is 0.124. The first-order valence-electron chi connectivity index (χ1n) is 5.85. The van der Waals surface area contributed by atoms with Crippen molar-refractivity contribution in [2.75, 3.05) is 0 Å². The molecule has 2 heterocycles. The zero-order valence-corrected chi connectivity index (χ0v) is 13.1. The van der Waals surface area contributed by atoms with Gasteiger partial charge in [0, 0.05) is 10.9 Å². The van der Waals surface area contributed by atoms with Crippen LogP contribution in [0.5, 0.6) is 0 Å². The molecular weight excluding hydrogens is 332 g/mol. The van der Waals surface area contributed by atoms with E-state index in [-0.39, 0.29) is 10.2 Å². The first-order valence-corrected chi connectivity index (χ1v) is 8.48. The van der Waals surface area contributed by atoms with Crippen molar-refractivity contribution >= 4 is 43.1 Å². The first-order chi connectivity index (χ1) is 9.84. The van der Waals surface area contributed by atoms with Crippen molar-refractivity contribution in [1.82, 2.24) is 9.97 Å². The second kappa shape index (κ2) is 5.03. The molecule has 5 nitrogen and oxygen atoms in total. The van der Waals surface area contributed by atoms with E-state index >= 15 is 0 Å². The molecule has 2 aromatic heterocycles. The average Bonchev–Trinajstić information content (AvgIpc) is 2.83. The fourth-order valence-electron chi connectivity index (χ4n) is 1.96. The number of hydrogen-bond donors (Lipinski definition) is 1. The van der Waals surface area contributed by atoms with E-state index in [1.807, 2.05) is 13.0 Å². The highest BCUT2D eigenvalue weighted by Crippen LogP contribution is 2.35. The van der Waals surface area contributed by atoms with Gasteiger partial charge in [0.1, 0.15) is 0 Å². The summed E-state index contributed by atoms with van der Waals surface area (Å²) in [5.41, 5.74) is 1.59. The Morgan fingerprint density at radius 3 is 2.76 bits per heavy atom. The third kappa shape index (κ3) is 2.77. The Morgan fingerprint density at radius 1 is 1.29 bits per heavy atom. The summed E-state index contributed by atoms with van der Waals surface area (Å²) in [6, 6.07) is 6.36. The molecular formula is C13H9ClN2O3S2. The molecule has 0 bridgehead atoms. The predicted octanol–water partition coefficient (Wildman–Crippen LogP) is 3.57. The maximum atomic E-state index is 11.2. The van der Waals surface area contributed by atoms with Crippen molar-refractivity contribution in [1.29, 1.82) is 0 Å². The summed E-state index contributed by atoms with van der Waals surface area (Å²) in [6.07, 6.45) is 1.64. The Morgan fingerprint density at radius 2 is 2.05 bits per heavy atom. The number of nitrogens with zero attached hydrogens (tertiary/aromatic N) is 2. The van der Waals surface area contributed by atoms with Crippen LogP contribution in [0.4, 0.5) is 0 Å². The number of fused-ring (bicyclic) bond motifs is 1. The standard InChI is InChI=1S/C13H9ClN2O3S2/c1-7-6-15-13(14)16-12(7)11-4-8-2-3-9(21(17,18)19)5-10(8)20-11/h2-6H,1H3,(H,17,18,19). The maximum Gasteiger partial charge on any atom is 0.294 e. The van der Waals surface area contributed by atoms with Gasteiger partial charge in [-0.05, 0) is 47.7 Å². The summed E-state index contributed by atoms with van der Waals surface area (Å²) >= 11 is 7.20. The van der Waals surface area contributed by atoms with Crippen LogP contribution in [-0.2, 0) is 10.1 Å². The van der Waals surface area contributed by atoms with Crippen molar-refractivity contribution in [3.8, 4) is 10.6 Å². The third-order valence-electron chi connectivity index (χ3n) is 2.97. The van der Waals surface area contributed by atoms with Crippen molar-refractivity contribution in [2.24, 2.45) is 0 Å². The maximum absolute atomic E-state index is 11.2. The lowest BCUT2D eigenvalue weighted by atomic mass is 10.2. The molecule has 1 N–H and O–H groups in total. The van der Waals surface area contributed by atoms with Crippen LogP contribution < -0.4 is 0 Å². The molecule has 0 aliphatic carbocycles. The van der Waals surface area contributed by atoms with Gasteiger partial charge in [0.2, 0.25) is 5.28 Å². The van der Waals surface area contributed by atoms with Crippen LogP contribution in [0, 0.1) is 6.92 Å². The molecule has 0 radical (unpaired) electrons. The number of rotatable bonds is 2. The quantitative estimate of drug-likeness (QED) is 0.570. The largest absolute Gasteiger partial charge is 0.294 e. The van der Waals surface area contributed by atoms with Gasteiger partial charge < -0.3 is 0 Å². The van der Waals surface area contributed by atoms with Gasteiger partial charge in [-0.15, -0.1) is 11.3 Å². The lowest BCUT2D eigenvalue weighted by Gasteiger charge is -2.00. The Hall–Kier alpha value is -1.54. The minimum Gasteiger partial charge on any atom is -0.282 e. The Labute approximate surface area is 130 Å². The number of hydrogen-bond acceptors (Lipinski definition) is 5. The lowest BCUT2D eigenvalue weighted by molar-refractivity contribution is 0.483. The fourth-order valence-corrected chi connectivity index (χ4v) is 3.83. The normalized spacial score (nSPS) is 12.0. The van der Waals surface area contributed by atoms with E-state index in [2.05, 4.69) is 9.97 Å². The average molecular weight is 341 g/mol. The van der Waals surface area contributed by atoms with Gasteiger partial charge in [0.25, 0.3) is 10.1 Å². The van der Waals surface area contributed by atoms with E-state index in [0.717, 1.165) is 20.5 Å². The summed E-state index contributed by atoms with van der Waals surface area (Å²) in [6.45, 7) is 1.87. The van der Waals surface area contributed by atoms with Gasteiger partial charge in [-0.25, -0.2) is 9.97 Å². The Bertz CT molecular complexity index is 951. The fraction of sp³-hybridized carbons (Fsp3) is 0.0769. The molecule has 1 aromatic carbocycles. The zero-order valence-electron chi connectivity index (χ0n) is 10.7. The highest BCUT2D eigenvalue weighted by Gasteiger charge is 2.13. The molecule has 0 saturated heterocycles. The molecule has 0 unspecified atom stereocenters. The minimum atomic E-state index is -4.20. The summed E-state index contributed by atoms with van der Waals surface area (Å²) in [7, 11) is -4.20. The second-order valence-corrected chi connectivity index (χ2v) is 7.30. The number of aromatic nitrogens is 2. The molecule has 0 fully saturated rings. The molecule has 3 aromatic rings. The molecule has 0 amide bonds. The van der Waals surface area contributed by atoms with Crippen molar-refractivity contribution in [2.45, 2.75) is 11.8 Å². The molecule has 108 valence electrons. The summed E-state index contributed by atoms with van der Waals surface area (Å²) in [4.78, 5) is 8.85. The Kier molecular flexibility index (Phi) is 3.45. The van der Waals surface area contributed by atoms with Crippen molar-refractivity contribution in [3.05, 3.63) is 41.3 Å². The molecule has 0 atom stereocenters. The molecule has 21 heavy (non-hydrogen) atoms. The summed E-state index contributed by atoms with van der Waals surface area (Å²) in [5, 5.41) is 1.03. The molecule has 0 aliphatic heterocycles. The summed E-state index contributed by atoms with van der Waals surface area (Å²) in [5.74, 6) is 0. The number of halogens is 1. The van der Waals surface area contributed by atoms with Crippen LogP contribution in [0.15, 0.2) is 35.4 Å². The van der Waals surface area contributed by atoms with Gasteiger partial charge in [-0.1, -0.05) is 6.07 Å². The predicted molar refractivity (Wildman–Crippen MR) is 82.4 cm³/mol. The zero-order chi connectivity index (χ0) is 15.2. The van der Waals surface area contributed by atoms with Crippen LogP contribution in [0.3, 0.4) is 0 Å². The third-order valence-corrected chi connectivity index (χ3v) is 5.10. The van der Waals surface area contributed by atoms with E-state index in [9.17, 15) is 8.42 Å². The van der Waals surface area contributed by atoms with Crippen LogP contribution in [0.2, 0.25) is 5.28 Å². The molecule has 0 spiro atoms. The van der Waals surface area contributed by atoms with Crippen molar-refractivity contribution < 1.29 is 13.0 Å². The monoisotopic (exact) mass is 340 g/mol. The van der Waals surface area contributed by atoms with Crippen LogP contribution in [0.25, 0.3) is 20.7 Å². The van der Waals surface area contributed by atoms with Gasteiger partial charge >= 0.3 is 0 Å². The van der Waals surface area contributed by atoms with E-state index in [0.29, 0.717) is 5.69 Å². The molecule has 0 aliphatic rings. The van der Waals surface area contributed by atoms with E-state index in [1.54, 1.807) is 12.3 Å². The number of aryl methyl sites for hydroxylation is 1. The topological polar surface area (TPSA) is 80.2 Å². The Balaban J connectivity index is 2.20. The first kappa shape index (κ1) is 14.4. The van der Waals surface area contributed by atoms with Crippen LogP contribution in [0.1, 0.15) is 5.56 Å². The number of thiophene rings is 1. The molecule has 0 saturated carbocycles. The lowest BCUT2D eigenvalue weighted by Crippen LogP contribution is -1.96. The van der Waals surface area contributed by atoms with Gasteiger partial charge in [0.15, 0.2) is 0 Å².